The largest absolute Gasteiger partial charge is 0.491 e. The number of benzene rings is 1. The van der Waals surface area contributed by atoms with Gasteiger partial charge in [-0.2, -0.15) is 4.98 Å². The number of anilines is 2. The molecule has 1 aromatic heterocycles. The molecule has 1 aromatic carbocycles. The van der Waals surface area contributed by atoms with Crippen LogP contribution in [-0.2, 0) is 6.42 Å². The molecule has 5 fully saturated rings. The van der Waals surface area contributed by atoms with Gasteiger partial charge in [-0.25, -0.2) is 4.90 Å². The van der Waals surface area contributed by atoms with Crippen LogP contribution in [0.1, 0.15) is 49.7 Å². The molecule has 0 N–H and O–H groups in total. The molecule has 2 aromatic rings. The maximum absolute atomic E-state index is 4.76. The smallest absolute Gasteiger partial charge is 0.369 e. The lowest BCUT2D eigenvalue weighted by Gasteiger charge is -2.44. The topological polar surface area (TPSA) is 49.7 Å². The van der Waals surface area contributed by atoms with Crippen LogP contribution in [-0.4, -0.2) is 153 Å². The molecular weight excluding hydrogens is 582 g/mol. The minimum atomic E-state index is 0.690. The molecule has 1 aliphatic carbocycles. The molecule has 7 rings (SSSR count). The number of rotatable bonds is 10. The van der Waals surface area contributed by atoms with E-state index in [-0.39, 0.29) is 0 Å². The molecule has 0 amide bonds. The maximum Gasteiger partial charge on any atom is 0.491 e. The second-order valence-electron chi connectivity index (χ2n) is 15.5. The molecular formula is C38H60N9+. The van der Waals surface area contributed by atoms with E-state index in [4.69, 9.17) is 4.98 Å². The van der Waals surface area contributed by atoms with Gasteiger partial charge in [0.15, 0.2) is 6.20 Å². The maximum atomic E-state index is 4.76. The second kappa shape index (κ2) is 15.4. The standard InChI is InChI=1S/C38H60N9/c1-31-4-6-35(7-5-31)45-22-24-46(25-23-45)36-10-8-34(9-11-36)42(3)17-12-32-26-39-38(40-27-32)47-29-33(30-47)28-43-18-20-44(21-19-43)37-13-15-41(2)16-14-37/h4-7,26,33-34,36-37H,8-25,28-30H2,1-3H3/q+1. The Kier molecular flexibility index (Phi) is 10.8. The van der Waals surface area contributed by atoms with E-state index in [1.807, 2.05) is 6.20 Å². The monoisotopic (exact) mass is 642 g/mol. The first-order valence-electron chi connectivity index (χ1n) is 18.9. The Bertz CT molecular complexity index is 1220. The predicted molar refractivity (Wildman–Crippen MR) is 190 cm³/mol. The third-order valence-electron chi connectivity index (χ3n) is 12.3. The van der Waals surface area contributed by atoms with E-state index in [2.05, 4.69) is 90.8 Å². The Hall–Kier alpha value is -2.48. The number of aryl methyl sites for hydroxylation is 1. The molecule has 4 aliphatic heterocycles. The van der Waals surface area contributed by atoms with E-state index in [1.165, 1.54) is 109 Å². The quantitative estimate of drug-likeness (QED) is 0.390. The Labute approximate surface area is 284 Å². The van der Waals surface area contributed by atoms with Crippen molar-refractivity contribution in [3.05, 3.63) is 47.8 Å². The van der Waals surface area contributed by atoms with Gasteiger partial charge in [-0.05, 0) is 91.2 Å². The van der Waals surface area contributed by atoms with Crippen molar-refractivity contribution in [2.45, 2.75) is 70.0 Å². The van der Waals surface area contributed by atoms with Gasteiger partial charge < -0.3 is 19.6 Å². The molecule has 0 bridgehead atoms. The Morgan fingerprint density at radius 3 is 2.06 bits per heavy atom. The van der Waals surface area contributed by atoms with Gasteiger partial charge in [0.25, 0.3) is 0 Å². The van der Waals surface area contributed by atoms with Crippen LogP contribution in [0.5, 0.6) is 0 Å². The fourth-order valence-electron chi connectivity index (χ4n) is 8.92. The summed E-state index contributed by atoms with van der Waals surface area (Å²) in [6.45, 7) is 18.7. The van der Waals surface area contributed by atoms with Crippen LogP contribution in [0, 0.1) is 19.0 Å². The minimum absolute atomic E-state index is 0.690. The van der Waals surface area contributed by atoms with E-state index in [1.54, 1.807) is 0 Å². The van der Waals surface area contributed by atoms with Gasteiger partial charge in [0.1, 0.15) is 6.20 Å². The zero-order chi connectivity index (χ0) is 32.2. The Morgan fingerprint density at radius 2 is 1.43 bits per heavy atom. The molecule has 0 spiro atoms. The van der Waals surface area contributed by atoms with Gasteiger partial charge in [-0.15, -0.1) is 0 Å². The molecule has 1 saturated carbocycles. The van der Waals surface area contributed by atoms with Gasteiger partial charge in [0.05, 0.1) is 18.7 Å². The summed E-state index contributed by atoms with van der Waals surface area (Å²) in [5, 5.41) is 0. The number of nitrogens with zero attached hydrogens (tertiary/aromatic N) is 9. The first-order chi connectivity index (χ1) is 23.0. The zero-order valence-corrected chi connectivity index (χ0v) is 29.6. The van der Waals surface area contributed by atoms with Crippen molar-refractivity contribution in [2.24, 2.45) is 5.92 Å². The highest BCUT2D eigenvalue weighted by atomic mass is 15.3. The van der Waals surface area contributed by atoms with Crippen LogP contribution in [0.25, 0.3) is 0 Å². The first kappa shape index (κ1) is 33.0. The molecule has 9 heteroatoms. The van der Waals surface area contributed by atoms with Crippen LogP contribution in [0.2, 0.25) is 0 Å². The summed E-state index contributed by atoms with van der Waals surface area (Å²) in [6, 6.07) is 11.3. The van der Waals surface area contributed by atoms with Gasteiger partial charge >= 0.3 is 5.95 Å². The highest BCUT2D eigenvalue weighted by molar-refractivity contribution is 5.47. The molecule has 4 saturated heterocycles. The number of likely N-dealkylation sites (tertiary alicyclic amines) is 1. The molecule has 47 heavy (non-hydrogen) atoms. The number of piperazine rings is 2. The molecule has 5 aliphatic rings. The summed E-state index contributed by atoms with van der Waals surface area (Å²) in [5.74, 6) is 1.60. The number of hydrogen-bond donors (Lipinski definition) is 0. The average Bonchev–Trinajstić information content (AvgIpc) is 3.10. The summed E-state index contributed by atoms with van der Waals surface area (Å²) in [6.07, 6.45) is 14.3. The van der Waals surface area contributed by atoms with Crippen LogP contribution in [0.15, 0.2) is 30.5 Å². The normalized spacial score (nSPS) is 26.5. The summed E-state index contributed by atoms with van der Waals surface area (Å²) in [4.78, 5) is 27.6. The van der Waals surface area contributed by atoms with Crippen molar-refractivity contribution in [3.8, 4) is 0 Å². The number of likely N-dealkylation sites (N-methyl/N-ethyl adjacent to an activating group) is 1. The lowest BCUT2D eigenvalue weighted by atomic mass is 9.89. The summed E-state index contributed by atoms with van der Waals surface area (Å²) >= 11 is 0. The van der Waals surface area contributed by atoms with E-state index < -0.39 is 0 Å². The van der Waals surface area contributed by atoms with Crippen LogP contribution in [0.4, 0.5) is 11.6 Å². The van der Waals surface area contributed by atoms with Crippen molar-refractivity contribution in [3.63, 3.8) is 0 Å². The van der Waals surface area contributed by atoms with Crippen molar-refractivity contribution in [2.75, 3.05) is 116 Å². The molecule has 0 radical (unpaired) electrons. The van der Waals surface area contributed by atoms with Gasteiger partial charge in [-0.1, -0.05) is 22.7 Å². The van der Waals surface area contributed by atoms with Gasteiger partial charge in [0, 0.05) is 95.2 Å². The van der Waals surface area contributed by atoms with Crippen LogP contribution in [0.3, 0.4) is 0 Å². The first-order valence-corrected chi connectivity index (χ1v) is 18.9. The lowest BCUT2D eigenvalue weighted by Crippen LogP contribution is -2.57. The third-order valence-corrected chi connectivity index (χ3v) is 12.3. The van der Waals surface area contributed by atoms with Crippen LogP contribution >= 0.6 is 0 Å². The van der Waals surface area contributed by atoms with Crippen molar-refractivity contribution in [1.82, 2.24) is 29.5 Å². The SMILES string of the molecule is Cc1ccc(N2CCN(C3CCC(N(C)CCc4c#[n+]c(N5CC(CN6CCN(C7CCN(C)CC7)CC6)C5)nc4)CC3)CC2)cc1. The molecule has 0 atom stereocenters. The number of piperidine rings is 1. The number of aromatic nitrogens is 2. The van der Waals surface area contributed by atoms with Gasteiger partial charge in [-0.3, -0.25) is 9.80 Å². The van der Waals surface area contributed by atoms with Crippen molar-refractivity contribution < 1.29 is 4.98 Å². The average molecular weight is 643 g/mol. The third kappa shape index (κ3) is 8.40. The fraction of sp³-hybridized carbons (Fsp3) is 0.737. The summed E-state index contributed by atoms with van der Waals surface area (Å²) < 4.78 is 0. The van der Waals surface area contributed by atoms with Crippen molar-refractivity contribution in [1.29, 1.82) is 0 Å². The van der Waals surface area contributed by atoms with E-state index in [9.17, 15) is 0 Å². The number of hydrogen-bond acceptors (Lipinski definition) is 8. The van der Waals surface area contributed by atoms with Crippen molar-refractivity contribution >= 4 is 11.6 Å². The second-order valence-corrected chi connectivity index (χ2v) is 15.5. The molecule has 9 nitrogen and oxygen atoms in total. The van der Waals surface area contributed by atoms with E-state index in [0.717, 1.165) is 68.7 Å². The molecule has 5 heterocycles. The summed E-state index contributed by atoms with van der Waals surface area (Å²) in [5.41, 5.74) is 3.86. The molecule has 256 valence electrons. The molecule has 0 unspecified atom stereocenters. The lowest BCUT2D eigenvalue weighted by molar-refractivity contribution is -0.286. The van der Waals surface area contributed by atoms with Gasteiger partial charge in [0.2, 0.25) is 0 Å². The Balaban J connectivity index is 0.763. The summed E-state index contributed by atoms with van der Waals surface area (Å²) in [7, 11) is 4.57. The van der Waals surface area contributed by atoms with Crippen LogP contribution < -0.4 is 14.8 Å². The minimum Gasteiger partial charge on any atom is -0.369 e. The fourth-order valence-corrected chi connectivity index (χ4v) is 8.92. The predicted octanol–water partition coefficient (Wildman–Crippen LogP) is 2.55. The van der Waals surface area contributed by atoms with E-state index in [0.29, 0.717) is 6.04 Å². The van der Waals surface area contributed by atoms with E-state index >= 15 is 0 Å². The Morgan fingerprint density at radius 1 is 0.787 bits per heavy atom. The zero-order valence-electron chi connectivity index (χ0n) is 29.6. The highest BCUT2D eigenvalue weighted by Gasteiger charge is 2.37. The highest BCUT2D eigenvalue weighted by Crippen LogP contribution is 2.28.